The normalized spacial score (nSPS) is 13.1. The fourth-order valence-electron chi connectivity index (χ4n) is 1.62. The molecule has 0 aromatic heterocycles. The molecule has 22 heavy (non-hydrogen) atoms. The summed E-state index contributed by atoms with van der Waals surface area (Å²) in [4.78, 5) is 45.3. The number of amides is 3. The van der Waals surface area contributed by atoms with E-state index in [9.17, 15) is 19.2 Å². The lowest BCUT2D eigenvalue weighted by Gasteiger charge is -2.17. The van der Waals surface area contributed by atoms with Gasteiger partial charge in [0.05, 0.1) is 13.1 Å². The highest BCUT2D eigenvalue weighted by atomic mass is 16.4. The van der Waals surface area contributed by atoms with Crippen LogP contribution in [-0.4, -0.2) is 54.0 Å². The molecule has 0 radical (unpaired) electrons. The van der Waals surface area contributed by atoms with Gasteiger partial charge in [0.1, 0.15) is 12.1 Å². The van der Waals surface area contributed by atoms with Gasteiger partial charge in [0.2, 0.25) is 17.7 Å². The number of hydrogen-bond donors (Lipinski definition) is 5. The quantitative estimate of drug-likeness (QED) is 0.338. The topological polar surface area (TPSA) is 151 Å². The van der Waals surface area contributed by atoms with Crippen LogP contribution in [0.15, 0.2) is 0 Å². The van der Waals surface area contributed by atoms with Crippen LogP contribution in [0.2, 0.25) is 0 Å². The van der Waals surface area contributed by atoms with Crippen LogP contribution in [0.4, 0.5) is 0 Å². The van der Waals surface area contributed by atoms with E-state index in [2.05, 4.69) is 16.0 Å². The summed E-state index contributed by atoms with van der Waals surface area (Å²) >= 11 is 0. The second-order valence-electron chi connectivity index (χ2n) is 5.30. The Kier molecular flexibility index (Phi) is 8.76. The molecule has 2 unspecified atom stereocenters. The van der Waals surface area contributed by atoms with E-state index in [1.54, 1.807) is 0 Å². The minimum atomic E-state index is -1.13. The van der Waals surface area contributed by atoms with Gasteiger partial charge in [-0.2, -0.15) is 0 Å². The molecule has 0 aromatic rings. The third-order valence-corrected chi connectivity index (χ3v) is 2.72. The molecule has 0 fully saturated rings. The lowest BCUT2D eigenvalue weighted by Crippen LogP contribution is -2.50. The molecule has 0 spiro atoms. The molecule has 126 valence electrons. The molecule has 0 heterocycles. The SMILES string of the molecule is CC(C)CC(NC(=O)CNC(=O)C(C)NC(=O)CN)C(=O)O. The molecule has 9 heteroatoms. The largest absolute Gasteiger partial charge is 0.480 e. The molecule has 3 amide bonds. The van der Waals surface area contributed by atoms with Crippen molar-refractivity contribution in [3.63, 3.8) is 0 Å². The molecule has 0 bridgehead atoms. The maximum absolute atomic E-state index is 11.6. The Labute approximate surface area is 129 Å². The molecular formula is C13H24N4O5. The smallest absolute Gasteiger partial charge is 0.326 e. The standard InChI is InChI=1S/C13H24N4O5/c1-7(2)4-9(13(21)22)17-11(19)6-15-12(20)8(3)16-10(18)5-14/h7-9H,4-6,14H2,1-3H3,(H,15,20)(H,16,18)(H,17,19)(H,21,22). The summed E-state index contributed by atoms with van der Waals surface area (Å²) in [5.41, 5.74) is 5.10. The highest BCUT2D eigenvalue weighted by molar-refractivity contribution is 5.91. The highest BCUT2D eigenvalue weighted by Gasteiger charge is 2.22. The summed E-state index contributed by atoms with van der Waals surface area (Å²) in [5, 5.41) is 16.0. The van der Waals surface area contributed by atoms with Crippen molar-refractivity contribution in [1.29, 1.82) is 0 Å². The van der Waals surface area contributed by atoms with Gasteiger partial charge in [-0.3, -0.25) is 14.4 Å². The molecule has 0 aliphatic rings. The lowest BCUT2D eigenvalue weighted by molar-refractivity contribution is -0.142. The first-order valence-corrected chi connectivity index (χ1v) is 6.96. The molecule has 0 aliphatic heterocycles. The first-order chi connectivity index (χ1) is 10.2. The van der Waals surface area contributed by atoms with Gasteiger partial charge in [0.15, 0.2) is 0 Å². The molecule has 2 atom stereocenters. The van der Waals surface area contributed by atoms with Crippen LogP contribution < -0.4 is 21.7 Å². The van der Waals surface area contributed by atoms with E-state index in [1.807, 2.05) is 13.8 Å². The van der Waals surface area contributed by atoms with Crippen LogP contribution in [-0.2, 0) is 19.2 Å². The maximum atomic E-state index is 11.6. The third kappa shape index (κ3) is 8.20. The first-order valence-electron chi connectivity index (χ1n) is 6.96. The summed E-state index contributed by atoms with van der Waals surface area (Å²) in [6.07, 6.45) is 0.290. The maximum Gasteiger partial charge on any atom is 0.326 e. The van der Waals surface area contributed by atoms with Crippen LogP contribution in [0, 0.1) is 5.92 Å². The van der Waals surface area contributed by atoms with Crippen molar-refractivity contribution in [1.82, 2.24) is 16.0 Å². The number of carboxylic acids is 1. The number of aliphatic carboxylic acids is 1. The Morgan fingerprint density at radius 3 is 2.09 bits per heavy atom. The van der Waals surface area contributed by atoms with Gasteiger partial charge in [0.25, 0.3) is 0 Å². The molecule has 6 N–H and O–H groups in total. The van der Waals surface area contributed by atoms with Crippen molar-refractivity contribution in [2.24, 2.45) is 11.7 Å². The zero-order chi connectivity index (χ0) is 17.3. The van der Waals surface area contributed by atoms with Gasteiger partial charge in [-0.05, 0) is 19.3 Å². The van der Waals surface area contributed by atoms with E-state index in [-0.39, 0.29) is 25.4 Å². The number of nitrogens with two attached hydrogens (primary N) is 1. The number of hydrogen-bond acceptors (Lipinski definition) is 5. The van der Waals surface area contributed by atoms with Crippen molar-refractivity contribution < 1.29 is 24.3 Å². The third-order valence-electron chi connectivity index (χ3n) is 2.72. The number of carbonyl (C=O) groups is 4. The number of nitrogens with one attached hydrogen (secondary N) is 3. The zero-order valence-electron chi connectivity index (χ0n) is 13.0. The molecule has 0 saturated heterocycles. The number of carbonyl (C=O) groups excluding carboxylic acids is 3. The summed E-state index contributed by atoms with van der Waals surface area (Å²) in [6.45, 7) is 4.51. The van der Waals surface area contributed by atoms with Gasteiger partial charge in [-0.25, -0.2) is 4.79 Å². The Hall–Kier alpha value is -2.16. The minimum Gasteiger partial charge on any atom is -0.480 e. The Morgan fingerprint density at radius 2 is 1.64 bits per heavy atom. The summed E-state index contributed by atoms with van der Waals surface area (Å²) in [6, 6.07) is -1.84. The van der Waals surface area contributed by atoms with E-state index >= 15 is 0 Å². The average Bonchev–Trinajstić information content (AvgIpc) is 2.42. The van der Waals surface area contributed by atoms with Crippen molar-refractivity contribution in [2.75, 3.05) is 13.1 Å². The molecule has 9 nitrogen and oxygen atoms in total. The highest BCUT2D eigenvalue weighted by Crippen LogP contribution is 2.04. The molecule has 0 rings (SSSR count). The van der Waals surface area contributed by atoms with E-state index in [0.717, 1.165) is 0 Å². The number of carboxylic acid groups (broad SMARTS) is 1. The van der Waals surface area contributed by atoms with Gasteiger partial charge in [-0.15, -0.1) is 0 Å². The second kappa shape index (κ2) is 9.72. The minimum absolute atomic E-state index is 0.0995. The molecule has 0 saturated carbocycles. The fraction of sp³-hybridized carbons (Fsp3) is 0.692. The van der Waals surface area contributed by atoms with Crippen molar-refractivity contribution in [2.45, 2.75) is 39.3 Å². The van der Waals surface area contributed by atoms with E-state index in [1.165, 1.54) is 6.92 Å². The summed E-state index contributed by atoms with van der Waals surface area (Å²) < 4.78 is 0. The predicted molar refractivity (Wildman–Crippen MR) is 78.7 cm³/mol. The van der Waals surface area contributed by atoms with Crippen LogP contribution in [0.1, 0.15) is 27.2 Å². The van der Waals surface area contributed by atoms with Crippen molar-refractivity contribution >= 4 is 23.7 Å². The van der Waals surface area contributed by atoms with Gasteiger partial charge < -0.3 is 26.8 Å². The van der Waals surface area contributed by atoms with Crippen molar-refractivity contribution in [3.05, 3.63) is 0 Å². The Morgan fingerprint density at radius 1 is 1.05 bits per heavy atom. The summed E-state index contributed by atoms with van der Waals surface area (Å²) in [5.74, 6) is -2.69. The first kappa shape index (κ1) is 19.8. The second-order valence-corrected chi connectivity index (χ2v) is 5.30. The number of rotatable bonds is 9. The van der Waals surface area contributed by atoms with E-state index in [0.29, 0.717) is 0 Å². The van der Waals surface area contributed by atoms with Gasteiger partial charge in [-0.1, -0.05) is 13.8 Å². The predicted octanol–water partition coefficient (Wildman–Crippen LogP) is -1.82. The van der Waals surface area contributed by atoms with Crippen LogP contribution in [0.25, 0.3) is 0 Å². The van der Waals surface area contributed by atoms with Crippen LogP contribution in [0.5, 0.6) is 0 Å². The van der Waals surface area contributed by atoms with Crippen LogP contribution >= 0.6 is 0 Å². The Bertz CT molecular complexity index is 425. The summed E-state index contributed by atoms with van der Waals surface area (Å²) in [7, 11) is 0. The van der Waals surface area contributed by atoms with Gasteiger partial charge >= 0.3 is 5.97 Å². The zero-order valence-corrected chi connectivity index (χ0v) is 13.0. The monoisotopic (exact) mass is 316 g/mol. The lowest BCUT2D eigenvalue weighted by atomic mass is 10.0. The molecule has 0 aliphatic carbocycles. The Balaban J connectivity index is 4.28. The van der Waals surface area contributed by atoms with Gasteiger partial charge in [0, 0.05) is 0 Å². The van der Waals surface area contributed by atoms with E-state index in [4.69, 9.17) is 10.8 Å². The van der Waals surface area contributed by atoms with Crippen molar-refractivity contribution in [3.8, 4) is 0 Å². The molecule has 0 aromatic carbocycles. The van der Waals surface area contributed by atoms with E-state index < -0.39 is 35.8 Å². The molecular weight excluding hydrogens is 292 g/mol. The average molecular weight is 316 g/mol. The van der Waals surface area contributed by atoms with Crippen LogP contribution in [0.3, 0.4) is 0 Å². The fourth-order valence-corrected chi connectivity index (χ4v) is 1.62.